The molecule has 1 fully saturated rings. The van der Waals surface area contributed by atoms with Crippen molar-refractivity contribution >= 4 is 21.8 Å². The molecule has 1 aliphatic rings. The zero-order valence-electron chi connectivity index (χ0n) is 12.0. The summed E-state index contributed by atoms with van der Waals surface area (Å²) in [5.41, 5.74) is 0.706. The molecule has 1 saturated heterocycles. The van der Waals surface area contributed by atoms with E-state index >= 15 is 0 Å². The van der Waals surface area contributed by atoms with Crippen LogP contribution in [0.5, 0.6) is 0 Å². The van der Waals surface area contributed by atoms with Gasteiger partial charge in [-0.15, -0.1) is 0 Å². The van der Waals surface area contributed by atoms with Crippen LogP contribution < -0.4 is 10.2 Å². The molecule has 4 nitrogen and oxygen atoms in total. The maximum Gasteiger partial charge on any atom is 0.251 e. The molecule has 1 aromatic rings. The summed E-state index contributed by atoms with van der Waals surface area (Å²) in [4.78, 5) is 13.6. The molecule has 0 unspecified atom stereocenters. The van der Waals surface area contributed by atoms with Crippen LogP contribution >= 0.6 is 15.9 Å². The number of carbonyl (C=O) groups excluding carboxylic acids is 1. The standard InChI is InChI=1S/C15H21BrN2O2/c1-15(2,18-6-8-20-9-7-18)11-17-14(19)12-4-3-5-13(16)10-12/h3-5,10H,6-9,11H2,1-2H3,(H,17,19)/p+1. The molecule has 110 valence electrons. The Labute approximate surface area is 128 Å². The molecular formula is C15H22BrN2O2+. The molecule has 1 amide bonds. The smallest absolute Gasteiger partial charge is 0.251 e. The van der Waals surface area contributed by atoms with E-state index in [0.29, 0.717) is 12.1 Å². The molecule has 1 aromatic carbocycles. The van der Waals surface area contributed by atoms with Gasteiger partial charge in [0.05, 0.1) is 19.8 Å². The fourth-order valence-electron chi connectivity index (χ4n) is 2.45. The second kappa shape index (κ2) is 6.70. The quantitative estimate of drug-likeness (QED) is 0.853. The normalized spacial score (nSPS) is 16.9. The van der Waals surface area contributed by atoms with Gasteiger partial charge >= 0.3 is 0 Å². The number of quaternary nitrogens is 1. The Kier molecular flexibility index (Phi) is 5.18. The largest absolute Gasteiger partial charge is 0.370 e. The number of halogens is 1. The highest BCUT2D eigenvalue weighted by molar-refractivity contribution is 9.10. The molecule has 0 bridgehead atoms. The van der Waals surface area contributed by atoms with Crippen molar-refractivity contribution in [3.63, 3.8) is 0 Å². The highest BCUT2D eigenvalue weighted by Crippen LogP contribution is 2.11. The van der Waals surface area contributed by atoms with E-state index in [2.05, 4.69) is 35.1 Å². The molecular weight excluding hydrogens is 320 g/mol. The van der Waals surface area contributed by atoms with Crippen LogP contribution in [0.2, 0.25) is 0 Å². The van der Waals surface area contributed by atoms with Gasteiger partial charge in [-0.05, 0) is 32.0 Å². The maximum absolute atomic E-state index is 12.2. The number of carbonyl (C=O) groups is 1. The molecule has 1 aliphatic heterocycles. The molecule has 0 atom stereocenters. The highest BCUT2D eigenvalue weighted by atomic mass is 79.9. The average molecular weight is 342 g/mol. The zero-order valence-corrected chi connectivity index (χ0v) is 13.6. The Hall–Kier alpha value is -0.910. The van der Waals surface area contributed by atoms with Crippen molar-refractivity contribution in [2.24, 2.45) is 0 Å². The summed E-state index contributed by atoms with van der Waals surface area (Å²) in [7, 11) is 0. The van der Waals surface area contributed by atoms with Crippen molar-refractivity contribution in [2.75, 3.05) is 32.8 Å². The summed E-state index contributed by atoms with van der Waals surface area (Å²) < 4.78 is 6.31. The first kappa shape index (κ1) is 15.5. The lowest BCUT2D eigenvalue weighted by atomic mass is 10.0. The second-order valence-electron chi connectivity index (χ2n) is 5.79. The first-order chi connectivity index (χ1) is 9.49. The summed E-state index contributed by atoms with van der Waals surface area (Å²) >= 11 is 3.39. The maximum atomic E-state index is 12.2. The van der Waals surface area contributed by atoms with Gasteiger partial charge in [-0.1, -0.05) is 22.0 Å². The van der Waals surface area contributed by atoms with Gasteiger partial charge in [-0.3, -0.25) is 4.79 Å². The summed E-state index contributed by atoms with van der Waals surface area (Å²) in [6.07, 6.45) is 0. The average Bonchev–Trinajstić information content (AvgIpc) is 2.46. The van der Waals surface area contributed by atoms with E-state index in [9.17, 15) is 4.79 Å². The van der Waals surface area contributed by atoms with Crippen LogP contribution in [0.3, 0.4) is 0 Å². The lowest BCUT2D eigenvalue weighted by molar-refractivity contribution is -0.954. The van der Waals surface area contributed by atoms with E-state index in [1.54, 1.807) is 0 Å². The third-order valence-electron chi connectivity index (χ3n) is 3.83. The van der Waals surface area contributed by atoms with Crippen LogP contribution in [0.25, 0.3) is 0 Å². The van der Waals surface area contributed by atoms with Gasteiger partial charge in [0, 0.05) is 10.0 Å². The monoisotopic (exact) mass is 341 g/mol. The van der Waals surface area contributed by atoms with Crippen LogP contribution in [-0.4, -0.2) is 44.3 Å². The van der Waals surface area contributed by atoms with Crippen LogP contribution in [0.15, 0.2) is 28.7 Å². The van der Waals surface area contributed by atoms with Crippen LogP contribution in [0.4, 0.5) is 0 Å². The first-order valence-electron chi connectivity index (χ1n) is 6.96. The number of rotatable bonds is 4. The van der Waals surface area contributed by atoms with Gasteiger partial charge in [0.2, 0.25) is 0 Å². The number of hydrogen-bond acceptors (Lipinski definition) is 2. The summed E-state index contributed by atoms with van der Waals surface area (Å²) in [5, 5.41) is 3.04. The Morgan fingerprint density at radius 3 is 2.75 bits per heavy atom. The van der Waals surface area contributed by atoms with Gasteiger partial charge < -0.3 is 15.0 Å². The lowest BCUT2D eigenvalue weighted by Gasteiger charge is -2.37. The predicted molar refractivity (Wildman–Crippen MR) is 82.1 cm³/mol. The third kappa shape index (κ3) is 4.04. The van der Waals surface area contributed by atoms with Gasteiger partial charge in [0.15, 0.2) is 0 Å². The fraction of sp³-hybridized carbons (Fsp3) is 0.533. The first-order valence-corrected chi connectivity index (χ1v) is 7.75. The molecule has 1 heterocycles. The number of morpholine rings is 1. The van der Waals surface area contributed by atoms with Crippen LogP contribution in [0, 0.1) is 0 Å². The molecule has 0 aromatic heterocycles. The Bertz CT molecular complexity index is 471. The van der Waals surface area contributed by atoms with E-state index in [4.69, 9.17) is 4.74 Å². The Balaban J connectivity index is 1.91. The summed E-state index contributed by atoms with van der Waals surface area (Å²) in [5.74, 6) is -0.0213. The van der Waals surface area contributed by atoms with Crippen molar-refractivity contribution in [1.29, 1.82) is 0 Å². The topological polar surface area (TPSA) is 42.8 Å². The van der Waals surface area contributed by atoms with E-state index in [1.165, 1.54) is 4.90 Å². The molecule has 2 N–H and O–H groups in total. The van der Waals surface area contributed by atoms with E-state index in [0.717, 1.165) is 30.8 Å². The predicted octanol–water partition coefficient (Wildman–Crippen LogP) is 0.873. The van der Waals surface area contributed by atoms with Gasteiger partial charge in [-0.25, -0.2) is 0 Å². The minimum Gasteiger partial charge on any atom is -0.370 e. The molecule has 0 radical (unpaired) electrons. The second-order valence-corrected chi connectivity index (χ2v) is 6.71. The number of amides is 1. The number of hydrogen-bond donors (Lipinski definition) is 2. The van der Waals surface area contributed by atoms with Crippen molar-refractivity contribution in [3.8, 4) is 0 Å². The Morgan fingerprint density at radius 2 is 2.10 bits per heavy atom. The molecule has 0 saturated carbocycles. The van der Waals surface area contributed by atoms with Crippen molar-refractivity contribution in [3.05, 3.63) is 34.3 Å². The zero-order chi connectivity index (χ0) is 14.6. The molecule has 20 heavy (non-hydrogen) atoms. The minimum atomic E-state index is -0.0213. The van der Waals surface area contributed by atoms with Gasteiger partial charge in [-0.2, -0.15) is 0 Å². The number of benzene rings is 1. The van der Waals surface area contributed by atoms with Crippen molar-refractivity contribution in [1.82, 2.24) is 5.32 Å². The minimum absolute atomic E-state index is 0.0193. The molecule has 0 aliphatic carbocycles. The summed E-state index contributed by atoms with van der Waals surface area (Å²) in [6, 6.07) is 7.45. The van der Waals surface area contributed by atoms with Crippen LogP contribution in [0.1, 0.15) is 24.2 Å². The molecule has 2 rings (SSSR count). The van der Waals surface area contributed by atoms with Gasteiger partial charge in [0.1, 0.15) is 18.6 Å². The van der Waals surface area contributed by atoms with Gasteiger partial charge in [0.25, 0.3) is 5.91 Å². The lowest BCUT2D eigenvalue weighted by Crippen LogP contribution is -3.22. The SMILES string of the molecule is CC(C)(CNC(=O)c1cccc(Br)c1)[NH+]1CCOCC1. The molecule has 5 heteroatoms. The van der Waals surface area contributed by atoms with E-state index in [-0.39, 0.29) is 11.4 Å². The number of nitrogens with one attached hydrogen (secondary N) is 2. The van der Waals surface area contributed by atoms with Crippen molar-refractivity contribution in [2.45, 2.75) is 19.4 Å². The molecule has 0 spiro atoms. The fourth-order valence-corrected chi connectivity index (χ4v) is 2.85. The van der Waals surface area contributed by atoms with Crippen LogP contribution in [-0.2, 0) is 4.74 Å². The Morgan fingerprint density at radius 1 is 1.40 bits per heavy atom. The van der Waals surface area contributed by atoms with E-state index in [1.807, 2.05) is 24.3 Å². The highest BCUT2D eigenvalue weighted by Gasteiger charge is 2.32. The summed E-state index contributed by atoms with van der Waals surface area (Å²) in [6.45, 7) is 8.65. The third-order valence-corrected chi connectivity index (χ3v) is 4.32. The number of ether oxygens (including phenoxy) is 1. The van der Waals surface area contributed by atoms with Crippen molar-refractivity contribution < 1.29 is 14.4 Å². The van der Waals surface area contributed by atoms with E-state index < -0.39 is 0 Å².